The zero-order valence-corrected chi connectivity index (χ0v) is 28.4. The normalized spacial score (nSPS) is 22.8. The van der Waals surface area contributed by atoms with Gasteiger partial charge in [-0.15, -0.1) is 0 Å². The number of fused-ring (bicyclic) bond motifs is 4. The van der Waals surface area contributed by atoms with Crippen LogP contribution in [0.5, 0.6) is 0 Å². The van der Waals surface area contributed by atoms with Crippen LogP contribution >= 0.6 is 0 Å². The molecule has 2 saturated heterocycles. The fourth-order valence-corrected chi connectivity index (χ4v) is 7.25. The predicted octanol–water partition coefficient (Wildman–Crippen LogP) is 2.14. The first-order chi connectivity index (χ1) is 24.4. The van der Waals surface area contributed by atoms with Crippen LogP contribution in [0, 0.1) is 5.92 Å². The Bertz CT molecular complexity index is 1630. The molecule has 3 aliphatic heterocycles. The van der Waals surface area contributed by atoms with Gasteiger partial charge in [-0.2, -0.15) is 0 Å². The Morgan fingerprint density at radius 1 is 0.880 bits per heavy atom. The third-order valence-electron chi connectivity index (χ3n) is 9.66. The summed E-state index contributed by atoms with van der Waals surface area (Å²) in [6, 6.07) is 12.4. The highest BCUT2D eigenvalue weighted by atomic mass is 16.3. The van der Waals surface area contributed by atoms with Crippen LogP contribution in [0.4, 0.5) is 5.82 Å². The average molecular weight is 689 g/mol. The molecule has 0 unspecified atom stereocenters. The number of hydrogen-bond acceptors (Lipinski definition) is 8. The topological polar surface area (TPSA) is 189 Å². The number of pyridine rings is 1. The van der Waals surface area contributed by atoms with E-state index >= 15 is 0 Å². The second-order valence-corrected chi connectivity index (χ2v) is 13.0. The Balaban J connectivity index is 0.00000156. The lowest BCUT2D eigenvalue weighted by Crippen LogP contribution is -2.54. The molecule has 0 radical (unpaired) electrons. The number of carbonyl (C=O) groups excluding carboxylic acids is 4. The van der Waals surface area contributed by atoms with Gasteiger partial charge in [0.25, 0.3) is 12.4 Å². The number of anilines is 1. The lowest BCUT2D eigenvalue weighted by molar-refractivity contribution is -0.143. The van der Waals surface area contributed by atoms with E-state index in [-0.39, 0.29) is 48.4 Å². The molecule has 3 atom stereocenters. The number of H-pyrrole nitrogens is 1. The second kappa shape index (κ2) is 18.1. The number of para-hydroxylation sites is 1. The number of carboxylic acid groups (broad SMARTS) is 1. The molecule has 0 saturated carbocycles. The molecule has 14 nitrogen and oxygen atoms in total. The van der Waals surface area contributed by atoms with Gasteiger partial charge < -0.3 is 36.3 Å². The second-order valence-electron chi connectivity index (χ2n) is 13.0. The summed E-state index contributed by atoms with van der Waals surface area (Å²) >= 11 is 0. The van der Waals surface area contributed by atoms with Crippen molar-refractivity contribution in [1.82, 2.24) is 35.7 Å². The maximum atomic E-state index is 14.0. The Hall–Kier alpha value is -4.98. The monoisotopic (exact) mass is 688 g/mol. The van der Waals surface area contributed by atoms with Crippen molar-refractivity contribution in [3.8, 4) is 0 Å². The zero-order valence-electron chi connectivity index (χ0n) is 28.4. The zero-order chi connectivity index (χ0) is 35.3. The Labute approximate surface area is 291 Å². The SMILES string of the molecule is O=C1CN(C(=O)[C@@H]2CCCN3CCCC[C@H]23)CCCCNC(=O)[C@H](Cc2c[nH]c3ccccc23)NC(=O)c2cccc(n2)NCCN1.O=CO. The van der Waals surface area contributed by atoms with Crippen LogP contribution in [0.25, 0.3) is 10.9 Å². The minimum Gasteiger partial charge on any atom is -0.483 e. The lowest BCUT2D eigenvalue weighted by atomic mass is 9.82. The summed E-state index contributed by atoms with van der Waals surface area (Å²) in [5, 5.41) is 19.9. The van der Waals surface area contributed by atoms with E-state index in [0.717, 1.165) is 55.2 Å². The summed E-state index contributed by atoms with van der Waals surface area (Å²) in [6.45, 7) is 3.39. The van der Waals surface area contributed by atoms with E-state index < -0.39 is 11.9 Å². The Morgan fingerprint density at radius 2 is 1.66 bits per heavy atom. The van der Waals surface area contributed by atoms with Crippen molar-refractivity contribution >= 4 is 46.8 Å². The van der Waals surface area contributed by atoms with Gasteiger partial charge in [0, 0.05) is 55.7 Å². The van der Waals surface area contributed by atoms with Crippen LogP contribution in [0.15, 0.2) is 48.7 Å². The predicted molar refractivity (Wildman–Crippen MR) is 188 cm³/mol. The van der Waals surface area contributed by atoms with Gasteiger partial charge >= 0.3 is 0 Å². The van der Waals surface area contributed by atoms with Crippen LogP contribution in [-0.2, 0) is 25.6 Å². The van der Waals surface area contributed by atoms with Crippen molar-refractivity contribution in [3.63, 3.8) is 0 Å². The molecule has 50 heavy (non-hydrogen) atoms. The van der Waals surface area contributed by atoms with Gasteiger partial charge in [0.1, 0.15) is 17.6 Å². The van der Waals surface area contributed by atoms with Gasteiger partial charge in [0.2, 0.25) is 17.7 Å². The summed E-state index contributed by atoms with van der Waals surface area (Å²) in [5.74, 6) is -0.493. The molecule has 3 aliphatic rings. The highest BCUT2D eigenvalue weighted by Crippen LogP contribution is 2.32. The van der Waals surface area contributed by atoms with Crippen molar-refractivity contribution in [2.45, 2.75) is 63.5 Å². The molecule has 268 valence electrons. The largest absolute Gasteiger partial charge is 0.483 e. The lowest BCUT2D eigenvalue weighted by Gasteiger charge is -2.44. The molecule has 6 N–H and O–H groups in total. The summed E-state index contributed by atoms with van der Waals surface area (Å²) in [6.07, 6.45) is 8.63. The van der Waals surface area contributed by atoms with Gasteiger partial charge in [0.05, 0.1) is 12.5 Å². The van der Waals surface area contributed by atoms with E-state index in [0.29, 0.717) is 51.3 Å². The third kappa shape index (κ3) is 9.59. The maximum Gasteiger partial charge on any atom is 0.290 e. The number of piperidine rings is 2. The van der Waals surface area contributed by atoms with Gasteiger partial charge in [-0.1, -0.05) is 30.7 Å². The highest BCUT2D eigenvalue weighted by molar-refractivity contribution is 5.97. The Kier molecular flexibility index (Phi) is 13.2. The van der Waals surface area contributed by atoms with Crippen LogP contribution in [0.3, 0.4) is 0 Å². The smallest absolute Gasteiger partial charge is 0.290 e. The summed E-state index contributed by atoms with van der Waals surface area (Å²) in [5.41, 5.74) is 2.07. The van der Waals surface area contributed by atoms with Crippen molar-refractivity contribution in [2.75, 3.05) is 51.1 Å². The van der Waals surface area contributed by atoms with E-state index in [9.17, 15) is 19.2 Å². The number of aromatic amines is 1. The minimum atomic E-state index is -0.827. The number of nitrogens with zero attached hydrogens (tertiary/aromatic N) is 3. The number of amides is 4. The fourth-order valence-electron chi connectivity index (χ4n) is 7.25. The molecule has 4 amide bonds. The van der Waals surface area contributed by atoms with Gasteiger partial charge in [-0.05, 0) is 75.4 Å². The molecule has 2 bridgehead atoms. The molecule has 3 aromatic rings. The molecule has 0 aliphatic carbocycles. The molecule has 1 aromatic carbocycles. The van der Waals surface area contributed by atoms with Gasteiger partial charge in [-0.3, -0.25) is 28.9 Å². The first-order valence-electron chi connectivity index (χ1n) is 17.6. The molecule has 2 aromatic heterocycles. The van der Waals surface area contributed by atoms with E-state index in [1.54, 1.807) is 23.1 Å². The maximum absolute atomic E-state index is 14.0. The van der Waals surface area contributed by atoms with Crippen LogP contribution in [-0.4, -0.2) is 113 Å². The van der Waals surface area contributed by atoms with E-state index in [2.05, 4.69) is 36.1 Å². The Morgan fingerprint density at radius 3 is 2.52 bits per heavy atom. The highest BCUT2D eigenvalue weighted by Gasteiger charge is 2.39. The number of hydrogen-bond donors (Lipinski definition) is 6. The first-order valence-corrected chi connectivity index (χ1v) is 17.6. The third-order valence-corrected chi connectivity index (χ3v) is 9.66. The molecule has 5 heterocycles. The quantitative estimate of drug-likeness (QED) is 0.224. The summed E-state index contributed by atoms with van der Waals surface area (Å²) < 4.78 is 0. The van der Waals surface area contributed by atoms with Crippen LogP contribution < -0.4 is 21.3 Å². The number of benzene rings is 1. The number of aromatic nitrogens is 2. The molecular formula is C36H48N8O6. The standard InChI is InChI=1S/C35H46N8O4.CH2O2/c44-32-23-43(35(47)26-10-8-20-42-18-5-3-13-30(26)42)19-6-4-15-38-33(45)29(21-24-22-39-27-11-2-1-9-25(24)27)41-34(46)28-12-7-14-31(40-28)36-16-17-37-32;2-1-3/h1-2,7,9,11-12,14,22,26,29-30,39H,3-6,8,10,13,15-21,23H2,(H,36,40)(H,37,44)(H,38,45)(H,41,46);1H,(H,2,3)/t26-,29+,30-;/m1./s1. The van der Waals surface area contributed by atoms with Crippen LogP contribution in [0.1, 0.15) is 61.0 Å². The van der Waals surface area contributed by atoms with Crippen molar-refractivity contribution in [3.05, 3.63) is 59.9 Å². The van der Waals surface area contributed by atoms with Crippen LogP contribution in [0.2, 0.25) is 0 Å². The van der Waals surface area contributed by atoms with Crippen molar-refractivity contribution in [2.24, 2.45) is 5.92 Å². The van der Waals surface area contributed by atoms with E-state index in [1.165, 1.54) is 6.42 Å². The average Bonchev–Trinajstić information content (AvgIpc) is 3.54. The summed E-state index contributed by atoms with van der Waals surface area (Å²) in [4.78, 5) is 74.2. The molecular weight excluding hydrogens is 640 g/mol. The molecule has 6 rings (SSSR count). The number of carbonyl (C=O) groups is 5. The minimum absolute atomic E-state index is 0.00721. The van der Waals surface area contributed by atoms with Gasteiger partial charge in [-0.25, -0.2) is 4.98 Å². The molecule has 0 spiro atoms. The fraction of sp³-hybridized carbons (Fsp3) is 0.500. The van der Waals surface area contributed by atoms with E-state index in [1.807, 2.05) is 30.5 Å². The molecule has 14 heteroatoms. The number of rotatable bonds is 3. The van der Waals surface area contributed by atoms with Crippen molar-refractivity contribution in [1.29, 1.82) is 0 Å². The first kappa shape index (κ1) is 36.3. The van der Waals surface area contributed by atoms with E-state index in [4.69, 9.17) is 9.90 Å². The summed E-state index contributed by atoms with van der Waals surface area (Å²) in [7, 11) is 0. The van der Waals surface area contributed by atoms with Crippen molar-refractivity contribution < 1.29 is 29.1 Å². The number of nitrogens with one attached hydrogen (secondary N) is 5. The van der Waals surface area contributed by atoms with Gasteiger partial charge in [0.15, 0.2) is 0 Å². The molecule has 2 fully saturated rings.